The highest BCUT2D eigenvalue weighted by Gasteiger charge is 2.54. The van der Waals surface area contributed by atoms with Gasteiger partial charge in [-0.05, 0) is 104 Å². The zero-order chi connectivity index (χ0) is 29.5. The van der Waals surface area contributed by atoms with E-state index >= 15 is 0 Å². The number of hydrogen-bond donors (Lipinski definition) is 2. The molecule has 1 aliphatic heterocycles. The molecule has 42 heavy (non-hydrogen) atoms. The minimum absolute atomic E-state index is 0.0210. The molecule has 2 aliphatic carbocycles. The molecule has 6 rings (SSSR count). The van der Waals surface area contributed by atoms with E-state index in [2.05, 4.69) is 60.4 Å². The van der Waals surface area contributed by atoms with E-state index in [1.54, 1.807) is 0 Å². The van der Waals surface area contributed by atoms with Crippen molar-refractivity contribution in [1.29, 1.82) is 0 Å². The summed E-state index contributed by atoms with van der Waals surface area (Å²) in [6.45, 7) is 6.24. The molecular formula is C35H42ClN3O3. The molecule has 1 saturated carbocycles. The third-order valence-electron chi connectivity index (χ3n) is 10.3. The van der Waals surface area contributed by atoms with Crippen LogP contribution in [0.5, 0.6) is 5.75 Å². The predicted octanol–water partition coefficient (Wildman–Crippen LogP) is 7.70. The first-order valence-corrected chi connectivity index (χ1v) is 15.8. The smallest absolute Gasteiger partial charge is 0.329 e. The maximum absolute atomic E-state index is 12.7. The Morgan fingerprint density at radius 3 is 2.71 bits per heavy atom. The van der Waals surface area contributed by atoms with Crippen LogP contribution in [0.2, 0.25) is 5.02 Å². The van der Waals surface area contributed by atoms with Crippen molar-refractivity contribution in [3.8, 4) is 5.75 Å². The van der Waals surface area contributed by atoms with Gasteiger partial charge < -0.3 is 20.1 Å². The molecule has 6 nitrogen and oxygen atoms in total. The third kappa shape index (κ3) is 5.23. The number of rotatable bonds is 8. The summed E-state index contributed by atoms with van der Waals surface area (Å²) < 4.78 is 6.52. The molecule has 2 heterocycles. The van der Waals surface area contributed by atoms with E-state index in [9.17, 15) is 9.90 Å². The molecule has 222 valence electrons. The summed E-state index contributed by atoms with van der Waals surface area (Å²) in [6, 6.07) is 18.2. The molecule has 1 fully saturated rings. The van der Waals surface area contributed by atoms with E-state index in [1.165, 1.54) is 16.7 Å². The summed E-state index contributed by atoms with van der Waals surface area (Å²) in [7, 11) is 2.11. The van der Waals surface area contributed by atoms with Crippen molar-refractivity contribution in [2.24, 2.45) is 11.8 Å². The maximum atomic E-state index is 12.7. The highest BCUT2D eigenvalue weighted by Crippen LogP contribution is 2.56. The van der Waals surface area contributed by atoms with Crippen LogP contribution >= 0.6 is 11.6 Å². The molecule has 0 amide bonds. The zero-order valence-corrected chi connectivity index (χ0v) is 25.7. The van der Waals surface area contributed by atoms with Gasteiger partial charge in [0.1, 0.15) is 17.1 Å². The Morgan fingerprint density at radius 2 is 1.95 bits per heavy atom. The van der Waals surface area contributed by atoms with Crippen molar-refractivity contribution >= 4 is 29.1 Å². The number of benzene rings is 2. The highest BCUT2D eigenvalue weighted by atomic mass is 35.5. The van der Waals surface area contributed by atoms with Crippen LogP contribution in [0, 0.1) is 11.8 Å². The van der Waals surface area contributed by atoms with E-state index in [0.29, 0.717) is 42.2 Å². The summed E-state index contributed by atoms with van der Waals surface area (Å²) in [5.74, 6) is 2.45. The Balaban J connectivity index is 1.19. The Labute approximate surface area is 254 Å². The molecule has 3 aromatic rings. The number of carboxylic acid groups (broad SMARTS) is 1. The number of aliphatic carboxylic acids is 1. The lowest BCUT2D eigenvalue weighted by atomic mass is 9.59. The molecule has 7 heteroatoms. The zero-order valence-electron chi connectivity index (χ0n) is 24.9. The number of fused-ring (bicyclic) bond motifs is 3. The highest BCUT2D eigenvalue weighted by molar-refractivity contribution is 6.30. The molecule has 2 N–H and O–H groups in total. The molecule has 0 saturated heterocycles. The largest absolute Gasteiger partial charge is 0.493 e. The molecule has 0 bridgehead atoms. The van der Waals surface area contributed by atoms with Crippen molar-refractivity contribution in [1.82, 2.24) is 4.98 Å². The number of carbonyl (C=O) groups is 1. The van der Waals surface area contributed by atoms with Crippen molar-refractivity contribution in [3.63, 3.8) is 0 Å². The number of nitrogens with zero attached hydrogens (tertiary/aromatic N) is 2. The van der Waals surface area contributed by atoms with Crippen LogP contribution in [0.4, 0.5) is 11.5 Å². The van der Waals surface area contributed by atoms with Gasteiger partial charge in [0.2, 0.25) is 0 Å². The minimum atomic E-state index is -1.00. The predicted molar refractivity (Wildman–Crippen MR) is 169 cm³/mol. The lowest BCUT2D eigenvalue weighted by molar-refractivity contribution is -0.144. The van der Waals surface area contributed by atoms with Gasteiger partial charge in [-0.25, -0.2) is 9.78 Å². The van der Waals surface area contributed by atoms with Gasteiger partial charge in [0.15, 0.2) is 0 Å². The number of nitrogens with one attached hydrogen (secondary N) is 1. The summed E-state index contributed by atoms with van der Waals surface area (Å²) in [4.78, 5) is 19.6. The fourth-order valence-corrected chi connectivity index (χ4v) is 8.16. The number of anilines is 2. The second-order valence-electron chi connectivity index (χ2n) is 13.0. The first kappa shape index (κ1) is 28.9. The van der Waals surface area contributed by atoms with Crippen LogP contribution in [0.3, 0.4) is 0 Å². The van der Waals surface area contributed by atoms with Gasteiger partial charge in [-0.15, -0.1) is 0 Å². The van der Waals surface area contributed by atoms with Crippen molar-refractivity contribution < 1.29 is 14.6 Å². The normalized spacial score (nSPS) is 27.3. The quantitative estimate of drug-likeness (QED) is 0.281. The van der Waals surface area contributed by atoms with Crippen molar-refractivity contribution in [2.75, 3.05) is 30.4 Å². The second kappa shape index (κ2) is 11.4. The van der Waals surface area contributed by atoms with Crippen LogP contribution in [-0.2, 0) is 16.6 Å². The summed E-state index contributed by atoms with van der Waals surface area (Å²) in [6.07, 6.45) is 7.86. The first-order valence-electron chi connectivity index (χ1n) is 15.4. The van der Waals surface area contributed by atoms with Gasteiger partial charge >= 0.3 is 5.97 Å². The average molecular weight is 588 g/mol. The summed E-state index contributed by atoms with van der Waals surface area (Å²) >= 11 is 6.22. The van der Waals surface area contributed by atoms with Gasteiger partial charge in [0, 0.05) is 36.1 Å². The van der Waals surface area contributed by atoms with E-state index in [-0.39, 0.29) is 5.41 Å². The summed E-state index contributed by atoms with van der Waals surface area (Å²) in [5.41, 5.74) is 3.80. The average Bonchev–Trinajstić information content (AvgIpc) is 3.27. The van der Waals surface area contributed by atoms with E-state index in [1.807, 2.05) is 36.5 Å². The topological polar surface area (TPSA) is 74.7 Å². The lowest BCUT2D eigenvalue weighted by Gasteiger charge is -2.47. The van der Waals surface area contributed by atoms with Crippen LogP contribution < -0.4 is 15.0 Å². The number of ether oxygens (including phenoxy) is 1. The maximum Gasteiger partial charge on any atom is 0.329 e. The number of carboxylic acids is 1. The molecule has 0 radical (unpaired) electrons. The van der Waals surface area contributed by atoms with Crippen LogP contribution in [0.15, 0.2) is 60.8 Å². The molecule has 1 unspecified atom stereocenters. The lowest BCUT2D eigenvalue weighted by Crippen LogP contribution is -2.53. The Morgan fingerprint density at radius 1 is 1.17 bits per heavy atom. The molecular weight excluding hydrogens is 546 g/mol. The molecule has 3 aliphatic rings. The molecule has 3 atom stereocenters. The van der Waals surface area contributed by atoms with Crippen molar-refractivity contribution in [3.05, 3.63) is 82.5 Å². The number of hydrogen-bond acceptors (Lipinski definition) is 5. The second-order valence-corrected chi connectivity index (χ2v) is 13.5. The van der Waals surface area contributed by atoms with Crippen LogP contribution in [-0.4, -0.2) is 41.8 Å². The fraction of sp³-hybridized carbons (Fsp3) is 0.486. The molecule has 1 aromatic heterocycles. The van der Waals surface area contributed by atoms with Crippen LogP contribution in [0.1, 0.15) is 75.0 Å². The Hall–Kier alpha value is -3.25. The Kier molecular flexibility index (Phi) is 7.86. The SMILES string of the molecule is CC1CCN(C)c2nccc(OC[C@H](C)C[C@H]3Cc4ccccc4C34CCC(Nc3cccc(Cl)c3)(C(=O)O)CC4)c21. The van der Waals surface area contributed by atoms with E-state index in [4.69, 9.17) is 16.3 Å². The van der Waals surface area contributed by atoms with Gasteiger partial charge in [-0.2, -0.15) is 0 Å². The van der Waals surface area contributed by atoms with Crippen molar-refractivity contribution in [2.45, 2.75) is 75.7 Å². The van der Waals surface area contributed by atoms with E-state index in [0.717, 1.165) is 55.9 Å². The Bertz CT molecular complexity index is 1450. The number of halogens is 1. The summed E-state index contributed by atoms with van der Waals surface area (Å²) in [5, 5.41) is 14.4. The van der Waals surface area contributed by atoms with Crippen LogP contribution in [0.25, 0.3) is 0 Å². The molecule has 1 spiro atoms. The van der Waals surface area contributed by atoms with Gasteiger partial charge in [-0.3, -0.25) is 0 Å². The minimum Gasteiger partial charge on any atom is -0.493 e. The number of pyridine rings is 1. The monoisotopic (exact) mass is 587 g/mol. The fourth-order valence-electron chi connectivity index (χ4n) is 7.97. The van der Waals surface area contributed by atoms with Gasteiger partial charge in [-0.1, -0.05) is 55.8 Å². The first-order chi connectivity index (χ1) is 20.2. The van der Waals surface area contributed by atoms with E-state index < -0.39 is 11.5 Å². The molecule has 2 aromatic carbocycles. The standard InChI is InChI=1S/C35H42ClN3O3/c1-23(22-42-30-11-17-37-32-31(30)24(2)12-18-39(32)3)19-26-20-25-7-4-5-10-29(25)34(26)13-15-35(16-14-34,33(40)41)38-28-9-6-8-27(36)21-28/h4-11,17,21,23-24,26,38H,12-16,18-20,22H2,1-3H3,(H,40,41)/t23-,24?,26+,34?,35?/m1/s1. The number of aromatic nitrogens is 1. The van der Waals surface area contributed by atoms with Gasteiger partial charge in [0.25, 0.3) is 0 Å². The van der Waals surface area contributed by atoms with Gasteiger partial charge in [0.05, 0.1) is 6.61 Å². The third-order valence-corrected chi connectivity index (χ3v) is 10.5.